The number of ether oxygens (including phenoxy) is 4. The third-order valence-corrected chi connectivity index (χ3v) is 23.2. The van der Waals surface area contributed by atoms with Gasteiger partial charge < -0.3 is 33.8 Å². The average molecular weight is 1580 g/mol. The molecule has 0 spiro atoms. The third kappa shape index (κ3) is 80.7. The Balaban J connectivity index is 5.21. The fraction of sp³-hybridized carbons (Fsp3) is 0.955. The molecule has 0 fully saturated rings. The Morgan fingerprint density at radius 1 is 0.269 bits per heavy atom. The van der Waals surface area contributed by atoms with Crippen molar-refractivity contribution in [2.75, 3.05) is 39.6 Å². The first-order valence-corrected chi connectivity index (χ1v) is 49.0. The van der Waals surface area contributed by atoms with Crippen LogP contribution in [-0.4, -0.2) is 96.7 Å². The first-order valence-electron chi connectivity index (χ1n) is 46.0. The second kappa shape index (κ2) is 80.3. The van der Waals surface area contributed by atoms with Gasteiger partial charge in [-0.1, -0.05) is 427 Å². The minimum atomic E-state index is -4.97. The molecular formula is C89H174O17P2. The van der Waals surface area contributed by atoms with Gasteiger partial charge in [-0.15, -0.1) is 0 Å². The summed E-state index contributed by atoms with van der Waals surface area (Å²) in [5, 5.41) is 10.7. The van der Waals surface area contributed by atoms with E-state index in [4.69, 9.17) is 37.0 Å². The molecule has 0 bridgehead atoms. The largest absolute Gasteiger partial charge is 0.472 e. The molecule has 0 aromatic rings. The van der Waals surface area contributed by atoms with E-state index >= 15 is 0 Å². The summed E-state index contributed by atoms with van der Waals surface area (Å²) >= 11 is 0. The number of aliphatic hydroxyl groups is 1. The Kier molecular flexibility index (Phi) is 78.8. The first kappa shape index (κ1) is 106. The van der Waals surface area contributed by atoms with Crippen molar-refractivity contribution in [2.45, 2.75) is 496 Å². The highest BCUT2D eigenvalue weighted by molar-refractivity contribution is 7.47. The predicted octanol–water partition coefficient (Wildman–Crippen LogP) is 27.4. The number of phosphoric ester groups is 2. The van der Waals surface area contributed by atoms with Gasteiger partial charge in [0.25, 0.3) is 0 Å². The van der Waals surface area contributed by atoms with E-state index in [0.29, 0.717) is 25.7 Å². The van der Waals surface area contributed by atoms with Crippen LogP contribution in [0.5, 0.6) is 0 Å². The maximum absolute atomic E-state index is 13.2. The Morgan fingerprint density at radius 3 is 0.704 bits per heavy atom. The normalized spacial score (nSPS) is 14.0. The van der Waals surface area contributed by atoms with Crippen LogP contribution in [0, 0.1) is 11.8 Å². The van der Waals surface area contributed by atoms with Gasteiger partial charge in [0.15, 0.2) is 12.2 Å². The maximum atomic E-state index is 13.2. The summed E-state index contributed by atoms with van der Waals surface area (Å²) in [5.74, 6) is -0.589. The lowest BCUT2D eigenvalue weighted by Gasteiger charge is -2.21. The first-order chi connectivity index (χ1) is 52.4. The standard InChI is InChI=1S/C89H174O17P2/c1-7-10-12-14-16-18-20-22-24-26-28-30-32-34-36-38-40-42-46-53-59-65-71-86(91)99-77-84(105-88(93)73-67-61-55-47-43-41-39-37-35-33-31-29-27-25-23-21-19-17-15-13-11-8-2)79-103-107(95,96)101-75-83(90)76-102-108(97,98)104-80-85(106-89(94)74-68-62-56-48-44-45-51-57-63-69-81(4)5)78-100-87(92)72-66-60-54-50-49-52-58-64-70-82(6)9-3/h81-85,90H,7-80H2,1-6H3,(H,95,96)(H,97,98)/t82?,83-,84-,85-/m1/s1. The summed E-state index contributed by atoms with van der Waals surface area (Å²) in [5.41, 5.74) is 0. The molecule has 3 unspecified atom stereocenters. The second-order valence-corrected chi connectivity index (χ2v) is 35.6. The zero-order chi connectivity index (χ0) is 79.2. The van der Waals surface area contributed by atoms with Gasteiger partial charge in [-0.2, -0.15) is 0 Å². The molecule has 0 aliphatic heterocycles. The Bertz CT molecular complexity index is 2070. The molecule has 0 radical (unpaired) electrons. The van der Waals surface area contributed by atoms with Crippen LogP contribution < -0.4 is 0 Å². The molecule has 6 atom stereocenters. The number of aliphatic hydroxyl groups excluding tert-OH is 1. The number of unbranched alkanes of at least 4 members (excludes halogenated alkanes) is 57. The van der Waals surface area contributed by atoms with Crippen molar-refractivity contribution in [2.24, 2.45) is 11.8 Å². The number of carbonyl (C=O) groups excluding carboxylic acids is 4. The molecule has 0 aliphatic carbocycles. The fourth-order valence-electron chi connectivity index (χ4n) is 13.9. The summed E-state index contributed by atoms with van der Waals surface area (Å²) in [4.78, 5) is 73.3. The topological polar surface area (TPSA) is 237 Å². The average Bonchev–Trinajstić information content (AvgIpc) is 0.902. The maximum Gasteiger partial charge on any atom is 0.472 e. The van der Waals surface area contributed by atoms with Crippen LogP contribution in [0.25, 0.3) is 0 Å². The predicted molar refractivity (Wildman–Crippen MR) is 446 cm³/mol. The summed E-state index contributed by atoms with van der Waals surface area (Å²) < 4.78 is 68.9. The summed E-state index contributed by atoms with van der Waals surface area (Å²) in [6.45, 7) is 9.65. The van der Waals surface area contributed by atoms with Crippen LogP contribution in [0.2, 0.25) is 0 Å². The number of phosphoric acid groups is 2. The van der Waals surface area contributed by atoms with Crippen molar-refractivity contribution in [3.63, 3.8) is 0 Å². The molecule has 19 heteroatoms. The van der Waals surface area contributed by atoms with E-state index in [9.17, 15) is 43.2 Å². The lowest BCUT2D eigenvalue weighted by molar-refractivity contribution is -0.161. The molecule has 3 N–H and O–H groups in total. The van der Waals surface area contributed by atoms with Crippen molar-refractivity contribution in [1.82, 2.24) is 0 Å². The zero-order valence-corrected chi connectivity index (χ0v) is 73.0. The molecule has 0 aromatic carbocycles. The smallest absolute Gasteiger partial charge is 0.462 e. The number of carbonyl (C=O) groups is 4. The van der Waals surface area contributed by atoms with E-state index in [1.807, 2.05) is 0 Å². The summed E-state index contributed by atoms with van der Waals surface area (Å²) in [6.07, 6.45) is 73.9. The van der Waals surface area contributed by atoms with E-state index in [2.05, 4.69) is 41.5 Å². The van der Waals surface area contributed by atoms with E-state index in [0.717, 1.165) is 102 Å². The van der Waals surface area contributed by atoms with E-state index < -0.39 is 97.5 Å². The number of esters is 4. The van der Waals surface area contributed by atoms with Crippen molar-refractivity contribution < 1.29 is 80.2 Å². The van der Waals surface area contributed by atoms with Crippen molar-refractivity contribution in [1.29, 1.82) is 0 Å². The Hall–Kier alpha value is -1.94. The molecule has 108 heavy (non-hydrogen) atoms. The number of hydrogen-bond donors (Lipinski definition) is 3. The lowest BCUT2D eigenvalue weighted by atomic mass is 9.99. The molecule has 642 valence electrons. The monoisotopic (exact) mass is 1580 g/mol. The highest BCUT2D eigenvalue weighted by Gasteiger charge is 2.31. The molecule has 17 nitrogen and oxygen atoms in total. The van der Waals surface area contributed by atoms with E-state index in [1.165, 1.54) is 295 Å². The van der Waals surface area contributed by atoms with Gasteiger partial charge in [0.1, 0.15) is 19.3 Å². The van der Waals surface area contributed by atoms with E-state index in [1.54, 1.807) is 0 Å². The zero-order valence-electron chi connectivity index (χ0n) is 71.2. The lowest BCUT2D eigenvalue weighted by Crippen LogP contribution is -2.30. The molecule has 0 aromatic heterocycles. The van der Waals surface area contributed by atoms with Gasteiger partial charge in [-0.25, -0.2) is 9.13 Å². The molecule has 0 aliphatic rings. The quantitative estimate of drug-likeness (QED) is 0.0222. The van der Waals surface area contributed by atoms with E-state index in [-0.39, 0.29) is 25.7 Å². The highest BCUT2D eigenvalue weighted by atomic mass is 31.2. The van der Waals surface area contributed by atoms with Gasteiger partial charge in [-0.3, -0.25) is 37.3 Å². The van der Waals surface area contributed by atoms with Crippen LogP contribution >= 0.6 is 15.6 Å². The highest BCUT2D eigenvalue weighted by Crippen LogP contribution is 2.45. The molecule has 0 amide bonds. The fourth-order valence-corrected chi connectivity index (χ4v) is 15.5. The number of rotatable bonds is 88. The SMILES string of the molecule is CCCCCCCCCCCCCCCCCCCCCCCCC(=O)OC[C@H](COP(=O)(O)OC[C@@H](O)COP(=O)(O)OC[C@@H](COC(=O)CCCCCCCCCCC(C)CC)OC(=O)CCCCCCCCCCCC(C)C)OC(=O)CCCCCCCCCCCCCCCCCCCCCCCC. The number of hydrogen-bond acceptors (Lipinski definition) is 15. The third-order valence-electron chi connectivity index (χ3n) is 21.3. The van der Waals surface area contributed by atoms with Crippen LogP contribution in [0.1, 0.15) is 478 Å². The van der Waals surface area contributed by atoms with Crippen LogP contribution in [0.3, 0.4) is 0 Å². The van der Waals surface area contributed by atoms with Crippen molar-refractivity contribution in [3.05, 3.63) is 0 Å². The second-order valence-electron chi connectivity index (χ2n) is 32.7. The van der Waals surface area contributed by atoms with Crippen LogP contribution in [0.4, 0.5) is 0 Å². The molecular weight excluding hydrogens is 1400 g/mol. The van der Waals surface area contributed by atoms with Crippen LogP contribution in [0.15, 0.2) is 0 Å². The van der Waals surface area contributed by atoms with Gasteiger partial charge in [0, 0.05) is 25.7 Å². The minimum Gasteiger partial charge on any atom is -0.462 e. The van der Waals surface area contributed by atoms with Gasteiger partial charge in [0.05, 0.1) is 26.4 Å². The van der Waals surface area contributed by atoms with Gasteiger partial charge in [0.2, 0.25) is 0 Å². The van der Waals surface area contributed by atoms with Crippen LogP contribution in [-0.2, 0) is 65.4 Å². The van der Waals surface area contributed by atoms with Gasteiger partial charge >= 0.3 is 39.5 Å². The molecule has 0 saturated heterocycles. The Labute approximate surface area is 664 Å². The van der Waals surface area contributed by atoms with Gasteiger partial charge in [-0.05, 0) is 37.5 Å². The molecule has 0 rings (SSSR count). The van der Waals surface area contributed by atoms with Crippen molar-refractivity contribution >= 4 is 39.5 Å². The molecule has 0 saturated carbocycles. The molecule has 0 heterocycles. The van der Waals surface area contributed by atoms with Crippen molar-refractivity contribution in [3.8, 4) is 0 Å². The minimum absolute atomic E-state index is 0.105. The summed E-state index contributed by atoms with van der Waals surface area (Å²) in [7, 11) is -9.93. The Morgan fingerprint density at radius 2 is 0.472 bits per heavy atom. The summed E-state index contributed by atoms with van der Waals surface area (Å²) in [6, 6.07) is 0.